The Morgan fingerprint density at radius 2 is 1.78 bits per heavy atom. The van der Waals surface area contributed by atoms with E-state index in [1.54, 1.807) is 6.07 Å². The zero-order valence-electron chi connectivity index (χ0n) is 16.4. The molecular weight excluding hydrogens is 342 g/mol. The molecule has 0 radical (unpaired) electrons. The highest BCUT2D eigenvalue weighted by molar-refractivity contribution is 5.85. The Kier molecular flexibility index (Phi) is 5.39. The molecule has 0 aromatic heterocycles. The molecule has 0 amide bonds. The molecule has 0 N–H and O–H groups in total. The van der Waals surface area contributed by atoms with Gasteiger partial charge in [-0.05, 0) is 72.8 Å². The van der Waals surface area contributed by atoms with Crippen LogP contribution in [0.5, 0.6) is 5.75 Å². The molecule has 27 heavy (non-hydrogen) atoms. The molecule has 0 saturated heterocycles. The van der Waals surface area contributed by atoms with E-state index in [2.05, 4.69) is 6.92 Å². The van der Waals surface area contributed by atoms with Crippen LogP contribution < -0.4 is 4.74 Å². The topological polar surface area (TPSA) is 9.23 Å². The molecule has 0 spiro atoms. The van der Waals surface area contributed by atoms with E-state index in [1.807, 2.05) is 12.1 Å². The fourth-order valence-electron chi connectivity index (χ4n) is 5.73. The van der Waals surface area contributed by atoms with Gasteiger partial charge in [-0.2, -0.15) is 0 Å². The highest BCUT2D eigenvalue weighted by atomic mass is 19.1. The van der Waals surface area contributed by atoms with Crippen LogP contribution in [0.15, 0.2) is 24.3 Å². The maximum absolute atomic E-state index is 14.5. The predicted molar refractivity (Wildman–Crippen MR) is 106 cm³/mol. The number of methoxy groups -OCH3 is 1. The largest absolute Gasteiger partial charge is 0.491 e. The van der Waals surface area contributed by atoms with Gasteiger partial charge in [0.05, 0.1) is 7.11 Å². The van der Waals surface area contributed by atoms with Crippen LogP contribution in [0.4, 0.5) is 8.78 Å². The molecule has 4 atom stereocenters. The van der Waals surface area contributed by atoms with Gasteiger partial charge in [0, 0.05) is 5.39 Å². The highest BCUT2D eigenvalue weighted by Gasteiger charge is 2.35. The predicted octanol–water partition coefficient (Wildman–Crippen LogP) is 7.23. The molecule has 2 saturated carbocycles. The van der Waals surface area contributed by atoms with Gasteiger partial charge >= 0.3 is 0 Å². The van der Waals surface area contributed by atoms with Gasteiger partial charge in [0.25, 0.3) is 0 Å². The second-order valence-electron chi connectivity index (χ2n) is 8.68. The Morgan fingerprint density at radius 1 is 1.00 bits per heavy atom. The van der Waals surface area contributed by atoms with E-state index in [4.69, 9.17) is 4.74 Å². The summed E-state index contributed by atoms with van der Waals surface area (Å²) in [6, 6.07) is 7.24. The first-order valence-electron chi connectivity index (χ1n) is 10.6. The minimum absolute atomic E-state index is 0.292. The molecular formula is C24H30F2O. The molecule has 4 unspecified atom stereocenters. The number of ether oxygens (including phenoxy) is 1. The van der Waals surface area contributed by atoms with E-state index in [9.17, 15) is 8.78 Å². The maximum atomic E-state index is 14.5. The van der Waals surface area contributed by atoms with Gasteiger partial charge in [0.15, 0.2) is 17.4 Å². The van der Waals surface area contributed by atoms with E-state index in [1.165, 1.54) is 70.1 Å². The minimum atomic E-state index is -0.627. The molecule has 2 aromatic carbocycles. The average molecular weight is 372 g/mol. The number of halogens is 2. The normalized spacial score (nSPS) is 28.1. The molecule has 4 rings (SSSR count). The van der Waals surface area contributed by atoms with Crippen LogP contribution in [-0.2, 0) is 0 Å². The average Bonchev–Trinajstić information content (AvgIpc) is 2.67. The number of rotatable bonds is 4. The first kappa shape index (κ1) is 18.7. The summed E-state index contributed by atoms with van der Waals surface area (Å²) in [7, 11) is 1.30. The summed E-state index contributed by atoms with van der Waals surface area (Å²) in [5.74, 6) is 1.67. The Hall–Kier alpha value is -1.64. The quantitative estimate of drug-likeness (QED) is 0.550. The van der Waals surface area contributed by atoms with E-state index in [0.717, 1.165) is 17.8 Å². The molecule has 2 fully saturated rings. The van der Waals surface area contributed by atoms with Crippen molar-refractivity contribution in [2.75, 3.05) is 7.11 Å². The van der Waals surface area contributed by atoms with E-state index >= 15 is 0 Å². The monoisotopic (exact) mass is 372 g/mol. The van der Waals surface area contributed by atoms with Crippen molar-refractivity contribution in [1.29, 1.82) is 0 Å². The van der Waals surface area contributed by atoms with Gasteiger partial charge in [0.1, 0.15) is 0 Å². The van der Waals surface area contributed by atoms with Crippen molar-refractivity contribution in [3.05, 3.63) is 41.5 Å². The fraction of sp³-hybridized carbons (Fsp3) is 0.583. The summed E-state index contributed by atoms with van der Waals surface area (Å²) >= 11 is 0. The zero-order chi connectivity index (χ0) is 19.0. The SMILES string of the molecule is CCCC1CCC2CC(c3ccc4c(F)c(OC)c(F)cc4c3)CCC2C1. The third-order valence-corrected chi connectivity index (χ3v) is 7.10. The molecule has 2 aromatic rings. The molecule has 2 aliphatic carbocycles. The Balaban J connectivity index is 1.54. The lowest BCUT2D eigenvalue weighted by Gasteiger charge is -2.42. The van der Waals surface area contributed by atoms with Crippen molar-refractivity contribution in [3.8, 4) is 5.75 Å². The summed E-state index contributed by atoms with van der Waals surface area (Å²) in [6.45, 7) is 2.30. The summed E-state index contributed by atoms with van der Waals surface area (Å²) < 4.78 is 33.4. The molecule has 3 heteroatoms. The molecule has 146 valence electrons. The second-order valence-corrected chi connectivity index (χ2v) is 8.68. The third-order valence-electron chi connectivity index (χ3n) is 7.10. The molecule has 0 bridgehead atoms. The lowest BCUT2D eigenvalue weighted by Crippen LogP contribution is -2.30. The Morgan fingerprint density at radius 3 is 2.56 bits per heavy atom. The van der Waals surface area contributed by atoms with Crippen LogP contribution in [0.1, 0.15) is 69.8 Å². The van der Waals surface area contributed by atoms with Crippen molar-refractivity contribution < 1.29 is 13.5 Å². The van der Waals surface area contributed by atoms with Gasteiger partial charge in [-0.1, -0.05) is 44.4 Å². The van der Waals surface area contributed by atoms with Crippen LogP contribution >= 0.6 is 0 Å². The summed E-state index contributed by atoms with van der Waals surface area (Å²) in [5.41, 5.74) is 1.24. The van der Waals surface area contributed by atoms with E-state index in [-0.39, 0.29) is 5.75 Å². The first-order valence-corrected chi connectivity index (χ1v) is 10.6. The lowest BCUT2D eigenvalue weighted by atomic mass is 9.63. The summed E-state index contributed by atoms with van der Waals surface area (Å²) in [5, 5.41) is 1.07. The van der Waals surface area contributed by atoms with Gasteiger partial charge in [-0.15, -0.1) is 0 Å². The Bertz CT molecular complexity index is 816. The van der Waals surface area contributed by atoms with Crippen LogP contribution in [0, 0.1) is 29.4 Å². The highest BCUT2D eigenvalue weighted by Crippen LogP contribution is 2.48. The number of hydrogen-bond acceptors (Lipinski definition) is 1. The van der Waals surface area contributed by atoms with Crippen molar-refractivity contribution in [3.63, 3.8) is 0 Å². The maximum Gasteiger partial charge on any atom is 0.191 e. The molecule has 0 heterocycles. The molecule has 1 nitrogen and oxygen atoms in total. The van der Waals surface area contributed by atoms with Crippen LogP contribution in [0.3, 0.4) is 0 Å². The molecule has 0 aliphatic heterocycles. The van der Waals surface area contributed by atoms with Crippen molar-refractivity contribution in [1.82, 2.24) is 0 Å². The smallest absolute Gasteiger partial charge is 0.191 e. The summed E-state index contributed by atoms with van der Waals surface area (Å²) in [4.78, 5) is 0. The van der Waals surface area contributed by atoms with Crippen molar-refractivity contribution in [2.45, 2.75) is 64.2 Å². The molecule has 2 aliphatic rings. The first-order chi connectivity index (χ1) is 13.1. The number of benzene rings is 2. The van der Waals surface area contributed by atoms with Crippen LogP contribution in [0.2, 0.25) is 0 Å². The summed E-state index contributed by atoms with van der Waals surface area (Å²) in [6.07, 6.45) is 10.6. The number of hydrogen-bond donors (Lipinski definition) is 0. The van der Waals surface area contributed by atoms with Crippen LogP contribution in [0.25, 0.3) is 10.8 Å². The van der Waals surface area contributed by atoms with Crippen molar-refractivity contribution >= 4 is 10.8 Å². The third kappa shape index (κ3) is 3.58. The minimum Gasteiger partial charge on any atom is -0.491 e. The van der Waals surface area contributed by atoms with Crippen LogP contribution in [-0.4, -0.2) is 7.11 Å². The fourth-order valence-corrected chi connectivity index (χ4v) is 5.73. The van der Waals surface area contributed by atoms with E-state index < -0.39 is 11.6 Å². The zero-order valence-corrected chi connectivity index (χ0v) is 16.4. The second kappa shape index (κ2) is 7.77. The van der Waals surface area contributed by atoms with Crippen molar-refractivity contribution in [2.24, 2.45) is 17.8 Å². The number of fused-ring (bicyclic) bond motifs is 2. The van der Waals surface area contributed by atoms with Gasteiger partial charge in [-0.25, -0.2) is 8.78 Å². The van der Waals surface area contributed by atoms with E-state index in [0.29, 0.717) is 16.7 Å². The standard InChI is InChI=1S/C24H30F2O/c1-3-4-15-5-6-17-12-18(8-7-16(17)11-15)19-9-10-21-20(13-19)14-22(25)24(27-2)23(21)26/h9-10,13-18H,3-8,11-12H2,1-2H3. The Labute approximate surface area is 161 Å². The van der Waals surface area contributed by atoms with Gasteiger partial charge in [0.2, 0.25) is 0 Å². The van der Waals surface area contributed by atoms with Gasteiger partial charge < -0.3 is 4.74 Å². The van der Waals surface area contributed by atoms with Gasteiger partial charge in [-0.3, -0.25) is 0 Å². The lowest BCUT2D eigenvalue weighted by molar-refractivity contribution is 0.114.